The first-order valence-electron chi connectivity index (χ1n) is 16.4. The number of hydrogen-bond acceptors (Lipinski definition) is 4. The Hall–Kier alpha value is -6.65. The van der Waals surface area contributed by atoms with Gasteiger partial charge in [-0.05, 0) is 56.3 Å². The third kappa shape index (κ3) is 4.57. The van der Waals surface area contributed by atoms with Crippen LogP contribution in [0.15, 0.2) is 168 Å². The Morgan fingerprint density at radius 2 is 0.878 bits per heavy atom. The van der Waals surface area contributed by atoms with Crippen molar-refractivity contribution in [1.29, 1.82) is 0 Å². The summed E-state index contributed by atoms with van der Waals surface area (Å²) in [7, 11) is 0. The van der Waals surface area contributed by atoms with Crippen LogP contribution in [0.5, 0.6) is 0 Å². The topological polar surface area (TPSA) is 51.8 Å². The summed E-state index contributed by atoms with van der Waals surface area (Å²) in [6, 6.07) is 56.8. The minimum Gasteiger partial charge on any atom is -0.455 e. The minimum absolute atomic E-state index is 0.604. The summed E-state index contributed by atoms with van der Waals surface area (Å²) in [5.74, 6) is 1.85. The van der Waals surface area contributed by atoms with Gasteiger partial charge in [-0.1, -0.05) is 146 Å². The Balaban J connectivity index is 1.28. The molecule has 0 aliphatic carbocycles. The van der Waals surface area contributed by atoms with Crippen LogP contribution >= 0.6 is 0 Å². The van der Waals surface area contributed by atoms with E-state index in [0.717, 1.165) is 71.1 Å². The summed E-state index contributed by atoms with van der Waals surface area (Å²) in [5, 5.41) is 8.81. The van der Waals surface area contributed by atoms with Crippen LogP contribution < -0.4 is 0 Å². The van der Waals surface area contributed by atoms with Gasteiger partial charge < -0.3 is 4.42 Å². The maximum Gasteiger partial charge on any atom is 0.164 e. The number of hydrogen-bond donors (Lipinski definition) is 0. The Kier molecular flexibility index (Phi) is 6.15. The van der Waals surface area contributed by atoms with E-state index < -0.39 is 0 Å². The van der Waals surface area contributed by atoms with E-state index >= 15 is 0 Å². The van der Waals surface area contributed by atoms with Gasteiger partial charge in [-0.3, -0.25) is 0 Å². The molecule has 0 N–H and O–H groups in total. The molecule has 228 valence electrons. The lowest BCUT2D eigenvalue weighted by Crippen LogP contribution is -2.00. The number of nitrogens with zero attached hydrogens (tertiary/aromatic N) is 3. The van der Waals surface area contributed by atoms with E-state index in [1.165, 1.54) is 10.9 Å². The van der Waals surface area contributed by atoms with Crippen molar-refractivity contribution >= 4 is 54.3 Å². The predicted octanol–water partition coefficient (Wildman–Crippen LogP) is 11.9. The van der Waals surface area contributed by atoms with Crippen LogP contribution in [-0.2, 0) is 0 Å². The molecule has 0 saturated heterocycles. The molecule has 49 heavy (non-hydrogen) atoms. The van der Waals surface area contributed by atoms with Crippen LogP contribution in [0.2, 0.25) is 0 Å². The van der Waals surface area contributed by atoms with Crippen LogP contribution in [0.1, 0.15) is 0 Å². The SMILES string of the molecule is c1ccc(-c2ccc(-c3nc(-c4ccccc4)nc(-c4cc5ccc6ccccc6c5c5oc6cc7ccccc7cc6c45)n3)cc2)cc1. The molecule has 8 aromatic carbocycles. The molecular weight excluding hydrogens is 599 g/mol. The molecule has 10 rings (SSSR count). The van der Waals surface area contributed by atoms with E-state index in [9.17, 15) is 0 Å². The van der Waals surface area contributed by atoms with Gasteiger partial charge in [0.1, 0.15) is 11.2 Å². The van der Waals surface area contributed by atoms with Crippen LogP contribution in [0, 0.1) is 0 Å². The normalized spacial score (nSPS) is 11.7. The molecule has 0 aliphatic rings. The van der Waals surface area contributed by atoms with E-state index in [0.29, 0.717) is 17.5 Å². The Morgan fingerprint density at radius 1 is 0.347 bits per heavy atom. The van der Waals surface area contributed by atoms with E-state index in [-0.39, 0.29) is 0 Å². The van der Waals surface area contributed by atoms with Crippen molar-refractivity contribution < 1.29 is 4.42 Å². The van der Waals surface area contributed by atoms with Gasteiger partial charge in [0.2, 0.25) is 0 Å². The molecule has 0 saturated carbocycles. The molecule has 0 radical (unpaired) electrons. The second-order valence-electron chi connectivity index (χ2n) is 12.4. The third-order valence-electron chi connectivity index (χ3n) is 9.47. The lowest BCUT2D eigenvalue weighted by atomic mass is 9.95. The van der Waals surface area contributed by atoms with Crippen molar-refractivity contribution in [2.75, 3.05) is 0 Å². The summed E-state index contributed by atoms with van der Waals surface area (Å²) < 4.78 is 6.86. The van der Waals surface area contributed by atoms with Crippen molar-refractivity contribution in [2.45, 2.75) is 0 Å². The molecule has 4 nitrogen and oxygen atoms in total. The monoisotopic (exact) mass is 625 g/mol. The van der Waals surface area contributed by atoms with Gasteiger partial charge in [0.05, 0.1) is 0 Å². The number of furan rings is 1. The first-order valence-corrected chi connectivity index (χ1v) is 16.4. The molecule has 0 unspecified atom stereocenters. The molecule has 0 fully saturated rings. The predicted molar refractivity (Wildman–Crippen MR) is 201 cm³/mol. The first kappa shape index (κ1) is 27.5. The van der Waals surface area contributed by atoms with Gasteiger partial charge in [0, 0.05) is 32.8 Å². The fourth-order valence-electron chi connectivity index (χ4n) is 7.08. The second kappa shape index (κ2) is 11.0. The number of aromatic nitrogens is 3. The average Bonchev–Trinajstić information content (AvgIpc) is 3.55. The largest absolute Gasteiger partial charge is 0.455 e. The number of benzene rings is 8. The van der Waals surface area contributed by atoms with Crippen LogP contribution in [-0.4, -0.2) is 15.0 Å². The van der Waals surface area contributed by atoms with Crippen LogP contribution in [0.3, 0.4) is 0 Å². The fraction of sp³-hybridized carbons (Fsp3) is 0. The number of fused-ring (bicyclic) bond motifs is 8. The highest BCUT2D eigenvalue weighted by atomic mass is 16.3. The van der Waals surface area contributed by atoms with Crippen molar-refractivity contribution in [3.05, 3.63) is 164 Å². The van der Waals surface area contributed by atoms with Crippen molar-refractivity contribution in [2.24, 2.45) is 0 Å². The summed E-state index contributed by atoms with van der Waals surface area (Å²) in [4.78, 5) is 15.4. The first-order chi connectivity index (χ1) is 24.3. The van der Waals surface area contributed by atoms with Gasteiger partial charge >= 0.3 is 0 Å². The maximum absolute atomic E-state index is 6.86. The summed E-state index contributed by atoms with van der Waals surface area (Å²) >= 11 is 0. The van der Waals surface area contributed by atoms with E-state index in [1.807, 2.05) is 36.4 Å². The molecule has 0 bridgehead atoms. The van der Waals surface area contributed by atoms with Crippen molar-refractivity contribution in [3.8, 4) is 45.3 Å². The Morgan fingerprint density at radius 3 is 1.61 bits per heavy atom. The molecule has 0 atom stereocenters. The zero-order valence-corrected chi connectivity index (χ0v) is 26.3. The average molecular weight is 626 g/mol. The molecular formula is C45H27N3O. The molecule has 2 aromatic heterocycles. The highest BCUT2D eigenvalue weighted by Crippen LogP contribution is 2.44. The molecule has 2 heterocycles. The summed E-state index contributed by atoms with van der Waals surface area (Å²) in [5.41, 5.74) is 6.75. The highest BCUT2D eigenvalue weighted by Gasteiger charge is 2.22. The van der Waals surface area contributed by atoms with E-state index in [2.05, 4.69) is 127 Å². The van der Waals surface area contributed by atoms with Gasteiger partial charge in [0.15, 0.2) is 17.5 Å². The van der Waals surface area contributed by atoms with Crippen molar-refractivity contribution in [1.82, 2.24) is 15.0 Å². The zero-order chi connectivity index (χ0) is 32.3. The fourth-order valence-corrected chi connectivity index (χ4v) is 7.08. The van der Waals surface area contributed by atoms with Gasteiger partial charge in [-0.15, -0.1) is 0 Å². The van der Waals surface area contributed by atoms with Gasteiger partial charge in [-0.2, -0.15) is 0 Å². The highest BCUT2D eigenvalue weighted by molar-refractivity contribution is 6.27. The van der Waals surface area contributed by atoms with Gasteiger partial charge in [-0.25, -0.2) is 15.0 Å². The van der Waals surface area contributed by atoms with Crippen molar-refractivity contribution in [3.63, 3.8) is 0 Å². The maximum atomic E-state index is 6.86. The molecule has 4 heteroatoms. The standard InChI is InChI=1S/C45H27N3O/c1-3-11-28(12-4-1)29-19-22-32(23-20-29)44-46-43(31-14-5-2-6-15-31)47-45(48-44)38-26-35-24-21-30-13-9-10-18-36(30)40(35)42-41(38)37-25-33-16-7-8-17-34(33)27-39(37)49-42/h1-27H. The third-order valence-corrected chi connectivity index (χ3v) is 9.47. The Bertz CT molecular complexity index is 2860. The quantitative estimate of drug-likeness (QED) is 0.183. The number of rotatable bonds is 4. The second-order valence-corrected chi connectivity index (χ2v) is 12.4. The molecule has 0 spiro atoms. The lowest BCUT2D eigenvalue weighted by Gasteiger charge is -2.12. The minimum atomic E-state index is 0.604. The molecule has 0 aliphatic heterocycles. The smallest absolute Gasteiger partial charge is 0.164 e. The van der Waals surface area contributed by atoms with Crippen LogP contribution in [0.4, 0.5) is 0 Å². The van der Waals surface area contributed by atoms with E-state index in [4.69, 9.17) is 19.4 Å². The zero-order valence-electron chi connectivity index (χ0n) is 26.3. The summed E-state index contributed by atoms with van der Waals surface area (Å²) in [6.07, 6.45) is 0. The van der Waals surface area contributed by atoms with Gasteiger partial charge in [0.25, 0.3) is 0 Å². The lowest BCUT2D eigenvalue weighted by molar-refractivity contribution is 0.673. The van der Waals surface area contributed by atoms with E-state index in [1.54, 1.807) is 0 Å². The Labute approximate surface area is 282 Å². The van der Waals surface area contributed by atoms with Crippen LogP contribution in [0.25, 0.3) is 99.5 Å². The summed E-state index contributed by atoms with van der Waals surface area (Å²) in [6.45, 7) is 0. The molecule has 0 amide bonds. The molecule has 10 aromatic rings.